The predicted octanol–water partition coefficient (Wildman–Crippen LogP) is 1.46. The van der Waals surface area contributed by atoms with Crippen LogP contribution in [0.4, 0.5) is 11.4 Å². The van der Waals surface area contributed by atoms with Crippen molar-refractivity contribution >= 4 is 17.3 Å². The molecule has 2 rings (SSSR count). The Bertz CT molecular complexity index is 527. The lowest BCUT2D eigenvalue weighted by atomic mass is 9.97. The van der Waals surface area contributed by atoms with Crippen LogP contribution in [0.25, 0.3) is 0 Å². The third-order valence-corrected chi connectivity index (χ3v) is 3.94. The number of nitrogens with zero attached hydrogens (tertiary/aromatic N) is 2. The van der Waals surface area contributed by atoms with E-state index in [9.17, 15) is 14.9 Å². The molecule has 7 heteroatoms. The van der Waals surface area contributed by atoms with E-state index in [-0.39, 0.29) is 23.8 Å². The standard InChI is InChI=1S/C15H22N4O3/c1-16-10-12-6-8-18(9-7-12)11-15(20)17-13-4-2-3-5-14(13)19(21)22/h2-5,12,16H,6-11H2,1H3,(H,17,20). The highest BCUT2D eigenvalue weighted by atomic mass is 16.6. The Labute approximate surface area is 129 Å². The first-order chi connectivity index (χ1) is 10.6. The van der Waals surface area contributed by atoms with Gasteiger partial charge in [0.2, 0.25) is 5.91 Å². The zero-order valence-corrected chi connectivity index (χ0v) is 12.7. The molecule has 0 spiro atoms. The van der Waals surface area contributed by atoms with E-state index in [0.717, 1.165) is 32.5 Å². The molecule has 1 amide bonds. The van der Waals surface area contributed by atoms with Gasteiger partial charge in [-0.2, -0.15) is 0 Å². The molecule has 7 nitrogen and oxygen atoms in total. The molecule has 2 N–H and O–H groups in total. The maximum absolute atomic E-state index is 12.1. The molecule has 0 saturated carbocycles. The summed E-state index contributed by atoms with van der Waals surface area (Å²) >= 11 is 0. The van der Waals surface area contributed by atoms with Crippen molar-refractivity contribution in [3.05, 3.63) is 34.4 Å². The fourth-order valence-corrected chi connectivity index (χ4v) is 2.77. The molecule has 120 valence electrons. The Hall–Kier alpha value is -1.99. The zero-order valence-electron chi connectivity index (χ0n) is 12.7. The summed E-state index contributed by atoms with van der Waals surface area (Å²) in [5.74, 6) is 0.459. The van der Waals surface area contributed by atoms with Crippen molar-refractivity contribution in [3.8, 4) is 0 Å². The summed E-state index contributed by atoms with van der Waals surface area (Å²) in [6.07, 6.45) is 2.14. The molecular weight excluding hydrogens is 284 g/mol. The molecule has 1 aliphatic heterocycles. The first-order valence-corrected chi connectivity index (χ1v) is 7.50. The smallest absolute Gasteiger partial charge is 0.292 e. The van der Waals surface area contributed by atoms with Crippen LogP contribution in [0.2, 0.25) is 0 Å². The van der Waals surface area contributed by atoms with Crippen LogP contribution in [0.3, 0.4) is 0 Å². The van der Waals surface area contributed by atoms with E-state index in [4.69, 9.17) is 0 Å². The van der Waals surface area contributed by atoms with Crippen LogP contribution in [-0.4, -0.2) is 49.0 Å². The summed E-state index contributed by atoms with van der Waals surface area (Å²) in [6.45, 7) is 3.06. The number of anilines is 1. The number of rotatable bonds is 6. The SMILES string of the molecule is CNCC1CCN(CC(=O)Nc2ccccc2[N+](=O)[O-])CC1. The van der Waals surface area contributed by atoms with Gasteiger partial charge in [0.25, 0.3) is 5.69 Å². The molecule has 1 saturated heterocycles. The summed E-state index contributed by atoms with van der Waals surface area (Å²) in [6, 6.07) is 6.19. The van der Waals surface area contributed by atoms with Crippen molar-refractivity contribution < 1.29 is 9.72 Å². The topological polar surface area (TPSA) is 87.5 Å². The van der Waals surface area contributed by atoms with Gasteiger partial charge in [-0.05, 0) is 51.5 Å². The number of nitro benzene ring substituents is 1. The van der Waals surface area contributed by atoms with Crippen molar-refractivity contribution in [2.24, 2.45) is 5.92 Å². The fourth-order valence-electron chi connectivity index (χ4n) is 2.77. The Kier molecular flexibility index (Phi) is 5.85. The normalized spacial score (nSPS) is 16.4. The van der Waals surface area contributed by atoms with E-state index in [2.05, 4.69) is 15.5 Å². The van der Waals surface area contributed by atoms with Gasteiger partial charge in [0, 0.05) is 6.07 Å². The van der Waals surface area contributed by atoms with E-state index in [1.807, 2.05) is 7.05 Å². The first-order valence-electron chi connectivity index (χ1n) is 7.50. The molecule has 0 bridgehead atoms. The first kappa shape index (κ1) is 16.4. The number of carbonyl (C=O) groups excluding carboxylic acids is 1. The molecule has 1 aliphatic rings. The van der Waals surface area contributed by atoms with Gasteiger partial charge < -0.3 is 10.6 Å². The Morgan fingerprint density at radius 2 is 2.05 bits per heavy atom. The molecule has 1 fully saturated rings. The number of benzene rings is 1. The number of amides is 1. The van der Waals surface area contributed by atoms with Gasteiger partial charge in [0.05, 0.1) is 11.5 Å². The third-order valence-electron chi connectivity index (χ3n) is 3.94. The quantitative estimate of drug-likeness (QED) is 0.614. The van der Waals surface area contributed by atoms with Gasteiger partial charge in [0.1, 0.15) is 5.69 Å². The molecule has 0 aromatic heterocycles. The van der Waals surface area contributed by atoms with Gasteiger partial charge in [0.15, 0.2) is 0 Å². The minimum atomic E-state index is -0.487. The van der Waals surface area contributed by atoms with E-state index in [1.165, 1.54) is 6.07 Å². The summed E-state index contributed by atoms with van der Waals surface area (Å²) in [4.78, 5) is 24.6. The Morgan fingerprint density at radius 1 is 1.36 bits per heavy atom. The number of hydrogen-bond donors (Lipinski definition) is 2. The van der Waals surface area contributed by atoms with Crippen LogP contribution in [-0.2, 0) is 4.79 Å². The van der Waals surface area contributed by atoms with Crippen LogP contribution >= 0.6 is 0 Å². The molecule has 1 aromatic carbocycles. The molecule has 22 heavy (non-hydrogen) atoms. The van der Waals surface area contributed by atoms with Gasteiger partial charge in [-0.15, -0.1) is 0 Å². The van der Waals surface area contributed by atoms with Crippen LogP contribution in [0, 0.1) is 16.0 Å². The average molecular weight is 306 g/mol. The summed E-state index contributed by atoms with van der Waals surface area (Å²) in [5, 5.41) is 16.8. The van der Waals surface area contributed by atoms with E-state index >= 15 is 0 Å². The number of piperidine rings is 1. The maximum Gasteiger partial charge on any atom is 0.292 e. The number of nitro groups is 1. The lowest BCUT2D eigenvalue weighted by Crippen LogP contribution is -2.40. The number of hydrogen-bond acceptors (Lipinski definition) is 5. The summed E-state index contributed by atoms with van der Waals surface area (Å²) < 4.78 is 0. The van der Waals surface area contributed by atoms with E-state index in [1.54, 1.807) is 18.2 Å². The lowest BCUT2D eigenvalue weighted by Gasteiger charge is -2.31. The van der Waals surface area contributed by atoms with E-state index in [0.29, 0.717) is 5.92 Å². The van der Waals surface area contributed by atoms with Gasteiger partial charge in [-0.1, -0.05) is 12.1 Å². The minimum Gasteiger partial charge on any atom is -0.319 e. The number of likely N-dealkylation sites (tertiary alicyclic amines) is 1. The fraction of sp³-hybridized carbons (Fsp3) is 0.533. The number of para-hydroxylation sites is 2. The predicted molar refractivity (Wildman–Crippen MR) is 84.8 cm³/mol. The van der Waals surface area contributed by atoms with Crippen molar-refractivity contribution in [2.75, 3.05) is 38.5 Å². The van der Waals surface area contributed by atoms with Crippen LogP contribution in [0.15, 0.2) is 24.3 Å². The summed E-state index contributed by atoms with van der Waals surface area (Å²) in [7, 11) is 1.95. The third kappa shape index (κ3) is 4.51. The molecule has 1 aromatic rings. The second-order valence-electron chi connectivity index (χ2n) is 5.60. The van der Waals surface area contributed by atoms with E-state index < -0.39 is 4.92 Å². The molecule has 0 aliphatic carbocycles. The van der Waals surface area contributed by atoms with Crippen LogP contribution < -0.4 is 10.6 Å². The molecule has 0 atom stereocenters. The van der Waals surface area contributed by atoms with Crippen LogP contribution in [0.5, 0.6) is 0 Å². The van der Waals surface area contributed by atoms with Gasteiger partial charge in [-0.3, -0.25) is 19.8 Å². The number of nitrogens with one attached hydrogen (secondary N) is 2. The van der Waals surface area contributed by atoms with Crippen LogP contribution in [0.1, 0.15) is 12.8 Å². The zero-order chi connectivity index (χ0) is 15.9. The molecular formula is C15H22N4O3. The van der Waals surface area contributed by atoms with Crippen molar-refractivity contribution in [1.29, 1.82) is 0 Å². The van der Waals surface area contributed by atoms with Crippen molar-refractivity contribution in [1.82, 2.24) is 10.2 Å². The largest absolute Gasteiger partial charge is 0.319 e. The highest BCUT2D eigenvalue weighted by molar-refractivity contribution is 5.94. The summed E-state index contributed by atoms with van der Waals surface area (Å²) in [5.41, 5.74) is 0.172. The Morgan fingerprint density at radius 3 is 2.68 bits per heavy atom. The number of carbonyl (C=O) groups is 1. The second-order valence-corrected chi connectivity index (χ2v) is 5.60. The Balaban J connectivity index is 1.85. The monoisotopic (exact) mass is 306 g/mol. The average Bonchev–Trinajstić information content (AvgIpc) is 2.50. The molecule has 1 heterocycles. The van der Waals surface area contributed by atoms with Crippen molar-refractivity contribution in [2.45, 2.75) is 12.8 Å². The van der Waals surface area contributed by atoms with Gasteiger partial charge >= 0.3 is 0 Å². The van der Waals surface area contributed by atoms with Gasteiger partial charge in [-0.25, -0.2) is 0 Å². The lowest BCUT2D eigenvalue weighted by molar-refractivity contribution is -0.383. The molecule has 0 unspecified atom stereocenters. The molecule has 0 radical (unpaired) electrons. The second kappa shape index (κ2) is 7.86. The highest BCUT2D eigenvalue weighted by Crippen LogP contribution is 2.23. The highest BCUT2D eigenvalue weighted by Gasteiger charge is 2.21. The minimum absolute atomic E-state index is 0.0800. The van der Waals surface area contributed by atoms with Crippen molar-refractivity contribution in [3.63, 3.8) is 0 Å². The maximum atomic E-state index is 12.1.